The molecular formula is C20H29N5O2. The van der Waals surface area contributed by atoms with Crippen molar-refractivity contribution >= 4 is 11.7 Å². The van der Waals surface area contributed by atoms with Crippen LogP contribution in [0.25, 0.3) is 0 Å². The minimum Gasteiger partial charge on any atom is -0.383 e. The zero-order valence-electron chi connectivity index (χ0n) is 16.1. The number of ether oxygens (including phenoxy) is 1. The van der Waals surface area contributed by atoms with Crippen LogP contribution in [0.4, 0.5) is 5.82 Å². The number of pyridine rings is 1. The first kappa shape index (κ1) is 19.6. The number of hydrogen-bond donors (Lipinski definition) is 1. The fourth-order valence-electron chi connectivity index (χ4n) is 4.09. The molecule has 0 radical (unpaired) electrons. The Balaban J connectivity index is 1.50. The number of anilines is 1. The van der Waals surface area contributed by atoms with E-state index >= 15 is 0 Å². The van der Waals surface area contributed by atoms with E-state index in [0.29, 0.717) is 24.8 Å². The number of nitrogens with one attached hydrogen (secondary N) is 1. The van der Waals surface area contributed by atoms with Crippen molar-refractivity contribution in [1.29, 1.82) is 5.26 Å². The Kier molecular flexibility index (Phi) is 7.02. The van der Waals surface area contributed by atoms with E-state index in [1.54, 1.807) is 19.4 Å². The highest BCUT2D eigenvalue weighted by molar-refractivity contribution is 5.78. The van der Waals surface area contributed by atoms with Crippen LogP contribution in [-0.2, 0) is 9.53 Å². The second-order valence-corrected chi connectivity index (χ2v) is 7.35. The van der Waals surface area contributed by atoms with Crippen molar-refractivity contribution in [2.24, 2.45) is 5.92 Å². The van der Waals surface area contributed by atoms with E-state index in [0.717, 1.165) is 57.7 Å². The zero-order valence-corrected chi connectivity index (χ0v) is 16.1. The number of rotatable bonds is 6. The summed E-state index contributed by atoms with van der Waals surface area (Å²) in [5.74, 6) is 1.14. The summed E-state index contributed by atoms with van der Waals surface area (Å²) < 4.78 is 5.00. The fourth-order valence-corrected chi connectivity index (χ4v) is 4.09. The summed E-state index contributed by atoms with van der Waals surface area (Å²) in [5.41, 5.74) is 0.653. The zero-order chi connectivity index (χ0) is 19.1. The molecule has 3 rings (SSSR count). The molecule has 0 aromatic carbocycles. The molecule has 7 nitrogen and oxygen atoms in total. The van der Waals surface area contributed by atoms with Crippen LogP contribution in [0.15, 0.2) is 18.3 Å². The first-order valence-corrected chi connectivity index (χ1v) is 9.83. The van der Waals surface area contributed by atoms with Gasteiger partial charge in [0.25, 0.3) is 0 Å². The van der Waals surface area contributed by atoms with Crippen LogP contribution < -0.4 is 10.2 Å². The number of carbonyl (C=O) groups excluding carboxylic acids is 1. The molecule has 1 amide bonds. The highest BCUT2D eigenvalue weighted by Gasteiger charge is 2.31. The van der Waals surface area contributed by atoms with E-state index in [1.807, 2.05) is 6.07 Å². The lowest BCUT2D eigenvalue weighted by Gasteiger charge is -2.42. The summed E-state index contributed by atoms with van der Waals surface area (Å²) in [6.07, 6.45) is 5.89. The van der Waals surface area contributed by atoms with Gasteiger partial charge in [0.05, 0.1) is 24.2 Å². The average Bonchev–Trinajstić information content (AvgIpc) is 2.74. The number of nitrogens with zero attached hydrogens (tertiary/aromatic N) is 4. The molecule has 27 heavy (non-hydrogen) atoms. The predicted octanol–water partition coefficient (Wildman–Crippen LogP) is 1.40. The third kappa shape index (κ3) is 5.18. The van der Waals surface area contributed by atoms with Crippen LogP contribution in [0, 0.1) is 17.2 Å². The number of hydrogen-bond acceptors (Lipinski definition) is 6. The summed E-state index contributed by atoms with van der Waals surface area (Å²) in [6.45, 7) is 4.95. The van der Waals surface area contributed by atoms with Gasteiger partial charge >= 0.3 is 0 Å². The number of piperidine rings is 2. The smallest absolute Gasteiger partial charge is 0.224 e. The van der Waals surface area contributed by atoms with Gasteiger partial charge in [-0.05, 0) is 44.4 Å². The van der Waals surface area contributed by atoms with Gasteiger partial charge in [-0.25, -0.2) is 4.98 Å². The Morgan fingerprint density at radius 2 is 2.19 bits per heavy atom. The van der Waals surface area contributed by atoms with E-state index in [-0.39, 0.29) is 11.8 Å². The van der Waals surface area contributed by atoms with Gasteiger partial charge in [-0.2, -0.15) is 5.26 Å². The molecule has 2 saturated heterocycles. The largest absolute Gasteiger partial charge is 0.383 e. The normalized spacial score (nSPS) is 21.6. The van der Waals surface area contributed by atoms with Gasteiger partial charge in [-0.1, -0.05) is 0 Å². The molecule has 2 aliphatic rings. The first-order chi connectivity index (χ1) is 13.2. The van der Waals surface area contributed by atoms with Crippen LogP contribution >= 0.6 is 0 Å². The monoisotopic (exact) mass is 371 g/mol. The highest BCUT2D eigenvalue weighted by atomic mass is 16.5. The van der Waals surface area contributed by atoms with Crippen molar-refractivity contribution in [2.45, 2.75) is 31.7 Å². The Morgan fingerprint density at radius 1 is 1.37 bits per heavy atom. The van der Waals surface area contributed by atoms with Gasteiger partial charge in [-0.15, -0.1) is 0 Å². The molecule has 2 aliphatic heterocycles. The number of carbonyl (C=O) groups is 1. The minimum atomic E-state index is 0.0858. The summed E-state index contributed by atoms with van der Waals surface area (Å²) in [7, 11) is 1.65. The van der Waals surface area contributed by atoms with Crippen LogP contribution in [0.2, 0.25) is 0 Å². The Morgan fingerprint density at radius 3 is 2.93 bits per heavy atom. The number of nitriles is 1. The summed E-state index contributed by atoms with van der Waals surface area (Å²) in [6, 6.07) is 6.30. The quantitative estimate of drug-likeness (QED) is 0.761. The van der Waals surface area contributed by atoms with Crippen LogP contribution in [-0.4, -0.2) is 68.3 Å². The number of likely N-dealkylation sites (tertiary alicyclic amines) is 1. The standard InChI is InChI=1S/C20H29N5O2/c1-27-12-8-23-20(26)17-3-2-9-25(15-17)18-5-10-24(11-6-18)19-13-16(14-21)4-7-22-19/h4,7,13,17-18H,2-3,5-6,8-12,15H2,1H3,(H,23,26). The molecule has 1 aromatic rings. The highest BCUT2D eigenvalue weighted by Crippen LogP contribution is 2.26. The van der Waals surface area contributed by atoms with E-state index < -0.39 is 0 Å². The maximum Gasteiger partial charge on any atom is 0.224 e. The Labute approximate surface area is 161 Å². The lowest BCUT2D eigenvalue weighted by atomic mass is 9.93. The van der Waals surface area contributed by atoms with Crippen molar-refractivity contribution in [3.05, 3.63) is 23.9 Å². The number of amides is 1. The first-order valence-electron chi connectivity index (χ1n) is 9.83. The van der Waals surface area contributed by atoms with Gasteiger partial charge in [0.15, 0.2) is 0 Å². The van der Waals surface area contributed by atoms with E-state index in [2.05, 4.69) is 26.2 Å². The lowest BCUT2D eigenvalue weighted by Crippen LogP contribution is -2.51. The maximum absolute atomic E-state index is 12.4. The van der Waals surface area contributed by atoms with E-state index in [4.69, 9.17) is 10.00 Å². The van der Waals surface area contributed by atoms with Gasteiger partial charge in [0.1, 0.15) is 5.82 Å². The Hall–Kier alpha value is -2.17. The molecule has 3 heterocycles. The molecule has 0 bridgehead atoms. The van der Waals surface area contributed by atoms with Crippen molar-refractivity contribution in [3.63, 3.8) is 0 Å². The molecule has 0 aliphatic carbocycles. The predicted molar refractivity (Wildman–Crippen MR) is 103 cm³/mol. The Bertz CT molecular complexity index is 667. The molecule has 1 aromatic heterocycles. The molecule has 0 spiro atoms. The van der Waals surface area contributed by atoms with E-state index in [1.165, 1.54) is 0 Å². The van der Waals surface area contributed by atoms with Gasteiger partial charge < -0.3 is 15.0 Å². The molecule has 1 N–H and O–H groups in total. The topological polar surface area (TPSA) is 81.5 Å². The number of methoxy groups -OCH3 is 1. The lowest BCUT2D eigenvalue weighted by molar-refractivity contribution is -0.127. The number of aromatic nitrogens is 1. The molecule has 7 heteroatoms. The van der Waals surface area contributed by atoms with Gasteiger partial charge in [0.2, 0.25) is 5.91 Å². The average molecular weight is 371 g/mol. The molecule has 146 valence electrons. The molecule has 0 saturated carbocycles. The van der Waals surface area contributed by atoms with Crippen molar-refractivity contribution in [1.82, 2.24) is 15.2 Å². The van der Waals surface area contributed by atoms with E-state index in [9.17, 15) is 4.79 Å². The SMILES string of the molecule is COCCNC(=O)C1CCCN(C2CCN(c3cc(C#N)ccn3)CC2)C1. The second-order valence-electron chi connectivity index (χ2n) is 7.35. The second kappa shape index (κ2) is 9.67. The van der Waals surface area contributed by atoms with Crippen molar-refractivity contribution in [2.75, 3.05) is 51.3 Å². The third-order valence-electron chi connectivity index (χ3n) is 5.61. The molecule has 2 fully saturated rings. The molecule has 1 unspecified atom stereocenters. The van der Waals surface area contributed by atoms with Crippen LogP contribution in [0.1, 0.15) is 31.2 Å². The van der Waals surface area contributed by atoms with Crippen LogP contribution in [0.3, 0.4) is 0 Å². The van der Waals surface area contributed by atoms with Crippen LogP contribution in [0.5, 0.6) is 0 Å². The summed E-state index contributed by atoms with van der Waals surface area (Å²) >= 11 is 0. The minimum absolute atomic E-state index is 0.0858. The van der Waals surface area contributed by atoms with Gasteiger partial charge in [0, 0.05) is 45.5 Å². The van der Waals surface area contributed by atoms with Crippen molar-refractivity contribution < 1.29 is 9.53 Å². The maximum atomic E-state index is 12.4. The van der Waals surface area contributed by atoms with Crippen molar-refractivity contribution in [3.8, 4) is 6.07 Å². The summed E-state index contributed by atoms with van der Waals surface area (Å²) in [5, 5.41) is 12.1. The fraction of sp³-hybridized carbons (Fsp3) is 0.650. The molecular weight excluding hydrogens is 342 g/mol. The third-order valence-corrected chi connectivity index (χ3v) is 5.61. The summed E-state index contributed by atoms with van der Waals surface area (Å²) in [4.78, 5) is 21.5. The van der Waals surface area contributed by atoms with Gasteiger partial charge in [-0.3, -0.25) is 9.69 Å². The molecule has 1 atom stereocenters.